The maximum atomic E-state index is 13.4. The maximum Gasteiger partial charge on any atom is 0.262 e. The fourth-order valence-electron chi connectivity index (χ4n) is 2.76. The second kappa shape index (κ2) is 7.38. The number of sulfonamides is 1. The van der Waals surface area contributed by atoms with E-state index in [0.29, 0.717) is 22.5 Å². The Morgan fingerprint density at radius 2 is 1.69 bits per heavy atom. The molecule has 0 radical (unpaired) electrons. The molecule has 2 aromatic carbocycles. The van der Waals surface area contributed by atoms with Gasteiger partial charge in [0, 0.05) is 31.2 Å². The number of likely N-dealkylation sites (N-methyl/N-ethyl adjacent to an activating group) is 1. The second-order valence-electron chi connectivity index (χ2n) is 6.13. The van der Waals surface area contributed by atoms with Crippen molar-refractivity contribution in [2.45, 2.75) is 4.90 Å². The molecule has 0 atom stereocenters. The van der Waals surface area contributed by atoms with Crippen molar-refractivity contribution < 1.29 is 17.2 Å². The minimum absolute atomic E-state index is 0.298. The molecular formula is C17H18ClF2N3O2S. The van der Waals surface area contributed by atoms with Crippen molar-refractivity contribution in [3.63, 3.8) is 0 Å². The van der Waals surface area contributed by atoms with Crippen molar-refractivity contribution in [1.82, 2.24) is 4.90 Å². The zero-order valence-electron chi connectivity index (χ0n) is 14.0. The Morgan fingerprint density at radius 3 is 2.35 bits per heavy atom. The number of piperazine rings is 1. The highest BCUT2D eigenvalue weighted by atomic mass is 35.5. The van der Waals surface area contributed by atoms with Crippen LogP contribution in [0, 0.1) is 11.6 Å². The number of hydrogen-bond acceptors (Lipinski definition) is 4. The summed E-state index contributed by atoms with van der Waals surface area (Å²) >= 11 is 6.03. The van der Waals surface area contributed by atoms with Crippen LogP contribution in [-0.2, 0) is 10.0 Å². The summed E-state index contributed by atoms with van der Waals surface area (Å²) in [4.78, 5) is 3.87. The number of halogens is 3. The second-order valence-corrected chi connectivity index (χ2v) is 8.25. The highest BCUT2D eigenvalue weighted by Crippen LogP contribution is 2.32. The van der Waals surface area contributed by atoms with Crippen molar-refractivity contribution in [3.05, 3.63) is 53.1 Å². The molecule has 0 unspecified atom stereocenters. The summed E-state index contributed by atoms with van der Waals surface area (Å²) in [6, 6.07) is 7.38. The fraction of sp³-hybridized carbons (Fsp3) is 0.294. The minimum Gasteiger partial charge on any atom is -0.367 e. The first-order valence-electron chi connectivity index (χ1n) is 7.97. The van der Waals surface area contributed by atoms with Crippen molar-refractivity contribution >= 4 is 33.0 Å². The van der Waals surface area contributed by atoms with Crippen molar-refractivity contribution in [2.75, 3.05) is 42.8 Å². The first-order valence-corrected chi connectivity index (χ1v) is 9.83. The number of hydrogen-bond donors (Lipinski definition) is 1. The van der Waals surface area contributed by atoms with E-state index in [-0.39, 0.29) is 4.90 Å². The first-order chi connectivity index (χ1) is 12.3. The summed E-state index contributed by atoms with van der Waals surface area (Å²) < 4.78 is 54.1. The fourth-order valence-corrected chi connectivity index (χ4v) is 4.01. The smallest absolute Gasteiger partial charge is 0.262 e. The van der Waals surface area contributed by atoms with Crippen LogP contribution in [0.25, 0.3) is 0 Å². The molecule has 1 fully saturated rings. The van der Waals surface area contributed by atoms with Gasteiger partial charge in [-0.3, -0.25) is 4.72 Å². The van der Waals surface area contributed by atoms with Gasteiger partial charge in [-0.2, -0.15) is 0 Å². The predicted octanol–water partition coefficient (Wildman–Crippen LogP) is 3.17. The van der Waals surface area contributed by atoms with Crippen LogP contribution in [0.2, 0.25) is 5.02 Å². The van der Waals surface area contributed by atoms with E-state index >= 15 is 0 Å². The Labute approximate surface area is 156 Å². The summed E-state index contributed by atoms with van der Waals surface area (Å²) in [7, 11) is -2.07. The Bertz CT molecular complexity index is 916. The average Bonchev–Trinajstić information content (AvgIpc) is 2.58. The molecule has 140 valence electrons. The van der Waals surface area contributed by atoms with Crippen LogP contribution in [0.15, 0.2) is 41.3 Å². The van der Waals surface area contributed by atoms with Crippen LogP contribution in [0.5, 0.6) is 0 Å². The van der Waals surface area contributed by atoms with E-state index in [4.69, 9.17) is 11.6 Å². The van der Waals surface area contributed by atoms with Crippen molar-refractivity contribution in [3.8, 4) is 0 Å². The van der Waals surface area contributed by atoms with Crippen LogP contribution < -0.4 is 9.62 Å². The molecular weight excluding hydrogens is 384 g/mol. The molecule has 9 heteroatoms. The molecule has 3 rings (SSSR count). The van der Waals surface area contributed by atoms with Gasteiger partial charge in [-0.25, -0.2) is 17.2 Å². The van der Waals surface area contributed by atoms with Gasteiger partial charge < -0.3 is 9.80 Å². The summed E-state index contributed by atoms with van der Waals surface area (Å²) in [5.74, 6) is -2.33. The third kappa shape index (κ3) is 4.08. The zero-order valence-corrected chi connectivity index (χ0v) is 15.6. The van der Waals surface area contributed by atoms with Gasteiger partial charge in [0.05, 0.1) is 16.3 Å². The molecule has 26 heavy (non-hydrogen) atoms. The van der Waals surface area contributed by atoms with E-state index in [2.05, 4.69) is 14.5 Å². The zero-order chi connectivity index (χ0) is 18.9. The van der Waals surface area contributed by atoms with Gasteiger partial charge in [0.15, 0.2) is 11.6 Å². The third-order valence-corrected chi connectivity index (χ3v) is 5.85. The lowest BCUT2D eigenvalue weighted by Gasteiger charge is -2.35. The van der Waals surface area contributed by atoms with Gasteiger partial charge in [-0.05, 0) is 43.4 Å². The molecule has 0 saturated carbocycles. The quantitative estimate of drug-likeness (QED) is 0.855. The Morgan fingerprint density at radius 1 is 1.00 bits per heavy atom. The van der Waals surface area contributed by atoms with Gasteiger partial charge in [-0.15, -0.1) is 0 Å². The first kappa shape index (κ1) is 18.9. The largest absolute Gasteiger partial charge is 0.367 e. The van der Waals surface area contributed by atoms with E-state index in [9.17, 15) is 17.2 Å². The maximum absolute atomic E-state index is 13.4. The van der Waals surface area contributed by atoms with Gasteiger partial charge in [-0.1, -0.05) is 11.6 Å². The van der Waals surface area contributed by atoms with Crippen LogP contribution in [0.3, 0.4) is 0 Å². The molecule has 0 bridgehead atoms. The predicted molar refractivity (Wildman–Crippen MR) is 98.3 cm³/mol. The monoisotopic (exact) mass is 401 g/mol. The standard InChI is InChI=1S/C17H18ClF2N3O2S/c1-22-6-8-23(9-7-22)17-5-2-12(18)10-16(17)21-26(24,25)13-3-4-14(19)15(20)11-13/h2-5,10-11,21H,6-9H2,1H3. The normalized spacial score (nSPS) is 15.9. The van der Waals surface area contributed by atoms with Crippen LogP contribution in [0.4, 0.5) is 20.2 Å². The summed E-state index contributed by atoms with van der Waals surface area (Å²) in [6.45, 7) is 3.16. The van der Waals surface area contributed by atoms with Crippen LogP contribution in [-0.4, -0.2) is 46.5 Å². The van der Waals surface area contributed by atoms with E-state index in [0.717, 1.165) is 38.3 Å². The lowest BCUT2D eigenvalue weighted by Crippen LogP contribution is -2.44. The Balaban J connectivity index is 1.93. The van der Waals surface area contributed by atoms with Gasteiger partial charge in [0.1, 0.15) is 0 Å². The summed E-state index contributed by atoms with van der Waals surface area (Å²) in [6.07, 6.45) is 0. The number of nitrogens with one attached hydrogen (secondary N) is 1. The van der Waals surface area contributed by atoms with Crippen LogP contribution in [0.1, 0.15) is 0 Å². The average molecular weight is 402 g/mol. The molecule has 1 heterocycles. The van der Waals surface area contributed by atoms with Gasteiger partial charge >= 0.3 is 0 Å². The Hall–Kier alpha value is -1.90. The molecule has 0 amide bonds. The minimum atomic E-state index is -4.09. The van der Waals surface area contributed by atoms with Crippen LogP contribution >= 0.6 is 11.6 Å². The summed E-state index contributed by atoms with van der Waals surface area (Å²) in [5, 5.41) is 0.367. The van der Waals surface area contributed by atoms with E-state index in [1.54, 1.807) is 12.1 Å². The molecule has 1 N–H and O–H groups in total. The molecule has 0 spiro atoms. The van der Waals surface area contributed by atoms with E-state index in [1.165, 1.54) is 6.07 Å². The molecule has 1 saturated heterocycles. The van der Waals surface area contributed by atoms with Crippen molar-refractivity contribution in [1.29, 1.82) is 0 Å². The molecule has 0 aliphatic carbocycles. The molecule has 0 aromatic heterocycles. The van der Waals surface area contributed by atoms with Gasteiger partial charge in [0.25, 0.3) is 10.0 Å². The number of benzene rings is 2. The molecule has 2 aromatic rings. The Kier molecular flexibility index (Phi) is 5.36. The number of rotatable bonds is 4. The van der Waals surface area contributed by atoms with Crippen molar-refractivity contribution in [2.24, 2.45) is 0 Å². The highest BCUT2D eigenvalue weighted by Gasteiger charge is 2.22. The molecule has 1 aliphatic rings. The SMILES string of the molecule is CN1CCN(c2ccc(Cl)cc2NS(=O)(=O)c2ccc(F)c(F)c2)CC1. The highest BCUT2D eigenvalue weighted by molar-refractivity contribution is 7.92. The van der Waals surface area contributed by atoms with E-state index in [1.807, 2.05) is 7.05 Å². The lowest BCUT2D eigenvalue weighted by molar-refractivity contribution is 0.313. The van der Waals surface area contributed by atoms with E-state index < -0.39 is 21.7 Å². The number of nitrogens with zero attached hydrogens (tertiary/aromatic N) is 2. The topological polar surface area (TPSA) is 52.6 Å². The third-order valence-electron chi connectivity index (χ3n) is 4.25. The summed E-state index contributed by atoms with van der Waals surface area (Å²) in [5.41, 5.74) is 0.987. The molecule has 1 aliphatic heterocycles. The van der Waals surface area contributed by atoms with Gasteiger partial charge in [0.2, 0.25) is 0 Å². The number of anilines is 2. The molecule has 5 nitrogen and oxygen atoms in total. The lowest BCUT2D eigenvalue weighted by atomic mass is 10.2.